The molecule has 19 heavy (non-hydrogen) atoms. The van der Waals surface area contributed by atoms with Gasteiger partial charge in [-0.15, -0.1) is 0 Å². The van der Waals surface area contributed by atoms with Gasteiger partial charge in [-0.2, -0.15) is 0 Å². The van der Waals surface area contributed by atoms with Crippen molar-refractivity contribution < 1.29 is 15.0 Å². The molecule has 0 bridgehead atoms. The van der Waals surface area contributed by atoms with Crippen molar-refractivity contribution in [3.63, 3.8) is 0 Å². The molecular weight excluding hydrogens is 268 g/mol. The quantitative estimate of drug-likeness (QED) is 0.761. The molecule has 1 aliphatic heterocycles. The minimum absolute atomic E-state index is 0.139. The molecule has 3 N–H and O–H groups in total. The number of amides is 1. The first-order valence-electron chi connectivity index (χ1n) is 6.11. The van der Waals surface area contributed by atoms with Crippen LogP contribution >= 0.6 is 11.6 Å². The van der Waals surface area contributed by atoms with Gasteiger partial charge in [-0.1, -0.05) is 17.7 Å². The average molecular weight is 285 g/mol. The van der Waals surface area contributed by atoms with Gasteiger partial charge in [0.1, 0.15) is 0 Å². The van der Waals surface area contributed by atoms with E-state index in [1.165, 1.54) is 0 Å². The summed E-state index contributed by atoms with van der Waals surface area (Å²) in [7, 11) is 0. The number of hydrogen-bond donors (Lipinski definition) is 3. The highest BCUT2D eigenvalue weighted by Crippen LogP contribution is 2.22. The fourth-order valence-electron chi connectivity index (χ4n) is 2.11. The molecule has 104 valence electrons. The van der Waals surface area contributed by atoms with Gasteiger partial charge in [-0.25, -0.2) is 0 Å². The third-order valence-electron chi connectivity index (χ3n) is 3.24. The third kappa shape index (κ3) is 3.45. The van der Waals surface area contributed by atoms with E-state index >= 15 is 0 Å². The number of nitrogens with one attached hydrogen (secondary N) is 1. The number of likely N-dealkylation sites (tertiary alicyclic amines) is 1. The van der Waals surface area contributed by atoms with Crippen LogP contribution in [-0.4, -0.2) is 52.9 Å². The molecule has 0 aromatic heterocycles. The van der Waals surface area contributed by atoms with Gasteiger partial charge in [0.25, 0.3) is 0 Å². The summed E-state index contributed by atoms with van der Waals surface area (Å²) >= 11 is 5.98. The molecular formula is C13H17ClN2O3. The van der Waals surface area contributed by atoms with Crippen LogP contribution in [0.15, 0.2) is 18.2 Å². The molecule has 6 heteroatoms. The van der Waals surface area contributed by atoms with Crippen molar-refractivity contribution in [2.45, 2.75) is 19.1 Å². The molecule has 1 aromatic carbocycles. The second-order valence-corrected chi connectivity index (χ2v) is 5.20. The first-order valence-corrected chi connectivity index (χ1v) is 6.48. The zero-order valence-electron chi connectivity index (χ0n) is 10.6. The lowest BCUT2D eigenvalue weighted by Crippen LogP contribution is -2.32. The summed E-state index contributed by atoms with van der Waals surface area (Å²) in [5.41, 5.74) is 1.50. The molecule has 0 unspecified atom stereocenters. The number of aliphatic hydroxyl groups excluding tert-OH is 2. The van der Waals surface area contributed by atoms with E-state index in [2.05, 4.69) is 5.32 Å². The highest BCUT2D eigenvalue weighted by molar-refractivity contribution is 6.31. The highest BCUT2D eigenvalue weighted by atomic mass is 35.5. The van der Waals surface area contributed by atoms with Crippen LogP contribution in [0.1, 0.15) is 5.56 Å². The Bertz CT molecular complexity index is 471. The van der Waals surface area contributed by atoms with Gasteiger partial charge in [0, 0.05) is 23.8 Å². The lowest BCUT2D eigenvalue weighted by molar-refractivity contribution is -0.117. The molecule has 0 saturated carbocycles. The Hall–Kier alpha value is -1.14. The van der Waals surface area contributed by atoms with E-state index in [9.17, 15) is 15.0 Å². The number of aliphatic hydroxyl groups is 2. The SMILES string of the molecule is Cc1c(Cl)cccc1NC(=O)CN1C[C@@H](O)[C@@H](O)C1. The molecule has 2 atom stereocenters. The van der Waals surface area contributed by atoms with Gasteiger partial charge in [-0.3, -0.25) is 9.69 Å². The minimum Gasteiger partial charge on any atom is -0.389 e. The predicted octanol–water partition coefficient (Wildman–Crippen LogP) is 0.624. The van der Waals surface area contributed by atoms with E-state index < -0.39 is 12.2 Å². The summed E-state index contributed by atoms with van der Waals surface area (Å²) in [6.07, 6.45) is -1.55. The minimum atomic E-state index is -0.777. The van der Waals surface area contributed by atoms with Crippen LogP contribution in [0.5, 0.6) is 0 Å². The summed E-state index contributed by atoms with van der Waals surface area (Å²) in [5, 5.41) is 22.2. The number of benzene rings is 1. The van der Waals surface area contributed by atoms with Gasteiger partial charge >= 0.3 is 0 Å². The Morgan fingerprint density at radius 3 is 2.68 bits per heavy atom. The third-order valence-corrected chi connectivity index (χ3v) is 3.65. The Morgan fingerprint density at radius 1 is 1.42 bits per heavy atom. The maximum atomic E-state index is 11.9. The van der Waals surface area contributed by atoms with Crippen LogP contribution in [0, 0.1) is 6.92 Å². The van der Waals surface area contributed by atoms with Crippen LogP contribution in [0.25, 0.3) is 0 Å². The lowest BCUT2D eigenvalue weighted by atomic mass is 10.2. The molecule has 1 heterocycles. The number of β-amino-alcohol motifs (C(OH)–C–C–N with tert-alkyl or cyclic N) is 2. The van der Waals surface area contributed by atoms with Crippen molar-refractivity contribution >= 4 is 23.2 Å². The van der Waals surface area contributed by atoms with Crippen LogP contribution in [0.4, 0.5) is 5.69 Å². The molecule has 1 fully saturated rings. The van der Waals surface area contributed by atoms with Gasteiger partial charge in [0.05, 0.1) is 18.8 Å². The predicted molar refractivity (Wildman–Crippen MR) is 73.3 cm³/mol. The van der Waals surface area contributed by atoms with E-state index in [1.54, 1.807) is 23.1 Å². The molecule has 1 saturated heterocycles. The van der Waals surface area contributed by atoms with E-state index in [1.807, 2.05) is 6.92 Å². The van der Waals surface area contributed by atoms with Gasteiger partial charge in [-0.05, 0) is 24.6 Å². The molecule has 1 aliphatic rings. The van der Waals surface area contributed by atoms with Crippen LogP contribution in [0.2, 0.25) is 5.02 Å². The molecule has 0 aliphatic carbocycles. The summed E-state index contributed by atoms with van der Waals surface area (Å²) in [6, 6.07) is 5.32. The molecule has 2 rings (SSSR count). The van der Waals surface area contributed by atoms with E-state index in [0.717, 1.165) is 5.56 Å². The van der Waals surface area contributed by atoms with Crippen molar-refractivity contribution in [1.29, 1.82) is 0 Å². The van der Waals surface area contributed by atoms with Crippen molar-refractivity contribution in [3.05, 3.63) is 28.8 Å². The number of carbonyl (C=O) groups is 1. The number of nitrogens with zero attached hydrogens (tertiary/aromatic N) is 1. The van der Waals surface area contributed by atoms with Gasteiger partial charge in [0.15, 0.2) is 0 Å². The molecule has 5 nitrogen and oxygen atoms in total. The summed E-state index contributed by atoms with van der Waals surface area (Å²) in [4.78, 5) is 13.6. The smallest absolute Gasteiger partial charge is 0.238 e. The standard InChI is InChI=1S/C13H17ClN2O3/c1-8-9(14)3-2-4-10(8)15-13(19)7-16-5-11(17)12(18)6-16/h2-4,11-12,17-18H,5-7H2,1H3,(H,15,19)/t11-,12+. The van der Waals surface area contributed by atoms with Crippen LogP contribution < -0.4 is 5.32 Å². The zero-order chi connectivity index (χ0) is 14.0. The number of halogens is 1. The van der Waals surface area contributed by atoms with Crippen molar-refractivity contribution in [3.8, 4) is 0 Å². The number of hydrogen-bond acceptors (Lipinski definition) is 4. The first kappa shape index (κ1) is 14.3. The molecule has 1 aromatic rings. The van der Waals surface area contributed by atoms with Crippen LogP contribution in [-0.2, 0) is 4.79 Å². The average Bonchev–Trinajstić information content (AvgIpc) is 2.64. The Morgan fingerprint density at radius 2 is 2.05 bits per heavy atom. The summed E-state index contributed by atoms with van der Waals surface area (Å²) in [5.74, 6) is -0.188. The second-order valence-electron chi connectivity index (χ2n) is 4.79. The maximum absolute atomic E-state index is 11.9. The monoisotopic (exact) mass is 284 g/mol. The number of carbonyl (C=O) groups excluding carboxylic acids is 1. The summed E-state index contributed by atoms with van der Waals surface area (Å²) < 4.78 is 0. The number of anilines is 1. The van der Waals surface area contributed by atoms with E-state index in [-0.39, 0.29) is 12.5 Å². The Kier molecular flexibility index (Phi) is 4.42. The van der Waals surface area contributed by atoms with E-state index in [0.29, 0.717) is 23.8 Å². The largest absolute Gasteiger partial charge is 0.389 e. The fourth-order valence-corrected chi connectivity index (χ4v) is 2.29. The molecule has 0 radical (unpaired) electrons. The fraction of sp³-hybridized carbons (Fsp3) is 0.462. The highest BCUT2D eigenvalue weighted by Gasteiger charge is 2.30. The Labute approximate surface area is 116 Å². The molecule has 1 amide bonds. The Balaban J connectivity index is 1.93. The van der Waals surface area contributed by atoms with Crippen molar-refractivity contribution in [2.75, 3.05) is 25.0 Å². The van der Waals surface area contributed by atoms with Crippen molar-refractivity contribution in [2.24, 2.45) is 0 Å². The summed E-state index contributed by atoms with van der Waals surface area (Å²) in [6.45, 7) is 2.59. The van der Waals surface area contributed by atoms with Gasteiger partial charge in [0.2, 0.25) is 5.91 Å². The first-order chi connectivity index (χ1) is 8.97. The molecule has 0 spiro atoms. The normalized spacial score (nSPS) is 23.6. The van der Waals surface area contributed by atoms with Crippen molar-refractivity contribution in [1.82, 2.24) is 4.90 Å². The lowest BCUT2D eigenvalue weighted by Gasteiger charge is -2.15. The zero-order valence-corrected chi connectivity index (χ0v) is 11.4. The maximum Gasteiger partial charge on any atom is 0.238 e. The van der Waals surface area contributed by atoms with E-state index in [4.69, 9.17) is 11.6 Å². The topological polar surface area (TPSA) is 72.8 Å². The second kappa shape index (κ2) is 5.88. The number of rotatable bonds is 3. The van der Waals surface area contributed by atoms with Crippen LogP contribution in [0.3, 0.4) is 0 Å². The van der Waals surface area contributed by atoms with Gasteiger partial charge < -0.3 is 15.5 Å².